The van der Waals surface area contributed by atoms with Crippen LogP contribution in [-0.2, 0) is 19.0 Å². The lowest BCUT2D eigenvalue weighted by Crippen LogP contribution is -2.33. The first kappa shape index (κ1) is 40.4. The molecule has 0 aromatic rings. The minimum Gasteiger partial charge on any atom is -0.466 e. The van der Waals surface area contributed by atoms with Gasteiger partial charge in [-0.3, -0.25) is 4.79 Å². The molecule has 2 saturated heterocycles. The zero-order valence-corrected chi connectivity index (χ0v) is 29.3. The van der Waals surface area contributed by atoms with Crippen molar-refractivity contribution in [1.29, 1.82) is 0 Å². The normalized spacial score (nSPS) is 23.8. The first-order chi connectivity index (χ1) is 21.9. The van der Waals surface area contributed by atoms with E-state index in [1.165, 1.54) is 70.6 Å². The van der Waals surface area contributed by atoms with Crippen molar-refractivity contribution in [2.75, 3.05) is 6.61 Å². The maximum absolute atomic E-state index is 11.6. The number of aliphatic hydroxyl groups excluding tert-OH is 3. The number of ether oxygens (including phenoxy) is 3. The molecule has 0 amide bonds. The monoisotopic (exact) mass is 641 g/mol. The van der Waals surface area contributed by atoms with E-state index in [0.29, 0.717) is 19.4 Å². The van der Waals surface area contributed by atoms with Crippen LogP contribution in [0.2, 0.25) is 0 Å². The topological polar surface area (TPSA) is 105 Å². The van der Waals surface area contributed by atoms with Gasteiger partial charge in [-0.15, -0.1) is 0 Å². The maximum Gasteiger partial charge on any atom is 0.305 e. The fourth-order valence-electron chi connectivity index (χ4n) is 6.99. The van der Waals surface area contributed by atoms with Crippen molar-refractivity contribution in [2.24, 2.45) is 0 Å². The summed E-state index contributed by atoms with van der Waals surface area (Å²) in [6.45, 7) is 4.87. The molecule has 0 unspecified atom stereocenters. The molecule has 7 nitrogen and oxygen atoms in total. The average molecular weight is 641 g/mol. The molecule has 0 bridgehead atoms. The summed E-state index contributed by atoms with van der Waals surface area (Å²) >= 11 is 0. The van der Waals surface area contributed by atoms with E-state index in [2.05, 4.69) is 13.8 Å². The Bertz CT molecular complexity index is 704. The van der Waals surface area contributed by atoms with Crippen molar-refractivity contribution in [1.82, 2.24) is 0 Å². The van der Waals surface area contributed by atoms with Crippen molar-refractivity contribution >= 4 is 5.97 Å². The summed E-state index contributed by atoms with van der Waals surface area (Å²) in [5, 5.41) is 31.7. The third-order valence-electron chi connectivity index (χ3n) is 10.0. The van der Waals surface area contributed by atoms with Crippen LogP contribution in [0.1, 0.15) is 187 Å². The van der Waals surface area contributed by atoms with E-state index in [1.807, 2.05) is 0 Å². The lowest BCUT2D eigenvalue weighted by atomic mass is 9.99. The van der Waals surface area contributed by atoms with Gasteiger partial charge in [-0.2, -0.15) is 0 Å². The lowest BCUT2D eigenvalue weighted by molar-refractivity contribution is -0.143. The molecule has 3 N–H and O–H groups in total. The molecule has 7 atom stereocenters. The largest absolute Gasteiger partial charge is 0.466 e. The van der Waals surface area contributed by atoms with Crippen LogP contribution < -0.4 is 0 Å². The summed E-state index contributed by atoms with van der Waals surface area (Å²) in [5.41, 5.74) is 0. The van der Waals surface area contributed by atoms with Crippen LogP contribution in [0.3, 0.4) is 0 Å². The number of rotatable bonds is 29. The summed E-state index contributed by atoms with van der Waals surface area (Å²) in [6.07, 6.45) is 26.7. The number of aliphatic hydroxyl groups is 3. The molecule has 0 saturated carbocycles. The molecule has 0 aromatic carbocycles. The van der Waals surface area contributed by atoms with Crippen LogP contribution in [0, 0.1) is 0 Å². The highest BCUT2D eigenvalue weighted by Crippen LogP contribution is 2.34. The van der Waals surface area contributed by atoms with E-state index < -0.39 is 12.2 Å². The van der Waals surface area contributed by atoms with Crippen LogP contribution >= 0.6 is 0 Å². The lowest BCUT2D eigenvalue weighted by Gasteiger charge is -2.24. The van der Waals surface area contributed by atoms with Crippen molar-refractivity contribution < 1.29 is 34.3 Å². The third kappa shape index (κ3) is 19.0. The predicted octanol–water partition coefficient (Wildman–Crippen LogP) is 8.72. The van der Waals surface area contributed by atoms with Crippen LogP contribution in [-0.4, -0.2) is 70.6 Å². The van der Waals surface area contributed by atoms with E-state index in [9.17, 15) is 20.1 Å². The molecular formula is C38H72O7. The fourth-order valence-corrected chi connectivity index (χ4v) is 6.99. The molecule has 45 heavy (non-hydrogen) atoms. The maximum atomic E-state index is 11.6. The summed E-state index contributed by atoms with van der Waals surface area (Å²) < 4.78 is 17.7. The summed E-state index contributed by atoms with van der Waals surface area (Å²) in [7, 11) is 0. The molecule has 0 spiro atoms. The molecule has 0 aromatic heterocycles. The quantitative estimate of drug-likeness (QED) is 0.0555. The number of carbonyl (C=O) groups is 1. The Hall–Kier alpha value is -0.730. The van der Waals surface area contributed by atoms with Gasteiger partial charge in [-0.1, -0.05) is 110 Å². The Balaban J connectivity index is 1.41. The molecule has 2 aliphatic heterocycles. The molecular weight excluding hydrogens is 568 g/mol. The van der Waals surface area contributed by atoms with E-state index in [0.717, 1.165) is 89.9 Å². The zero-order chi connectivity index (χ0) is 32.5. The van der Waals surface area contributed by atoms with Crippen LogP contribution in [0.25, 0.3) is 0 Å². The van der Waals surface area contributed by atoms with Gasteiger partial charge in [0.25, 0.3) is 0 Å². The van der Waals surface area contributed by atoms with Crippen LogP contribution in [0.4, 0.5) is 0 Å². The number of esters is 1. The highest BCUT2D eigenvalue weighted by Gasteiger charge is 2.40. The van der Waals surface area contributed by atoms with Gasteiger partial charge in [0.1, 0.15) is 0 Å². The van der Waals surface area contributed by atoms with E-state index in [1.54, 1.807) is 0 Å². The van der Waals surface area contributed by atoms with Crippen molar-refractivity contribution in [2.45, 2.75) is 230 Å². The first-order valence-electron chi connectivity index (χ1n) is 19.4. The van der Waals surface area contributed by atoms with Gasteiger partial charge < -0.3 is 29.5 Å². The molecule has 7 heteroatoms. The Morgan fingerprint density at radius 3 is 1.58 bits per heavy atom. The third-order valence-corrected chi connectivity index (χ3v) is 10.0. The van der Waals surface area contributed by atoms with Gasteiger partial charge >= 0.3 is 5.97 Å². The molecule has 2 aliphatic rings. The van der Waals surface area contributed by atoms with Gasteiger partial charge in [0.2, 0.25) is 0 Å². The standard InChI is InChI=1S/C38H72O7/c1-3-5-7-17-21-31(39)22-20-24-33(41)35-27-29-37(45-35)36-28-26-34(44-36)32(40)23-18-15-13-11-9-8-10-12-14-16-19-25-38(42)43-30-6-4-2/h31-37,39-41H,3-30H2,1-2H3/t31-,32+,33-,34+,35+,36+,37+/m0/s1. The van der Waals surface area contributed by atoms with Gasteiger partial charge in [-0.05, 0) is 70.6 Å². The second kappa shape index (κ2) is 26.3. The number of hydrogen-bond donors (Lipinski definition) is 3. The molecule has 2 rings (SSSR count). The van der Waals surface area contributed by atoms with Crippen LogP contribution in [0.15, 0.2) is 0 Å². The second-order valence-corrected chi connectivity index (χ2v) is 14.2. The summed E-state index contributed by atoms with van der Waals surface area (Å²) in [6, 6.07) is 0. The minimum atomic E-state index is -0.478. The minimum absolute atomic E-state index is 0.0186. The summed E-state index contributed by atoms with van der Waals surface area (Å²) in [5.74, 6) is -0.0345. The molecule has 2 heterocycles. The Kier molecular flexibility index (Phi) is 23.6. The van der Waals surface area contributed by atoms with Crippen molar-refractivity contribution in [3.05, 3.63) is 0 Å². The number of hydrogen-bond acceptors (Lipinski definition) is 7. The second-order valence-electron chi connectivity index (χ2n) is 14.2. The van der Waals surface area contributed by atoms with E-state index in [4.69, 9.17) is 14.2 Å². The van der Waals surface area contributed by atoms with Gasteiger partial charge in [0.05, 0.1) is 49.3 Å². The SMILES string of the molecule is CCCCCC[C@H](O)CCC[C@H](O)[C@H]1CC[C@H]([C@H]2CC[C@H]([C@H](O)CCCCCCCCCCCCCC(=O)OCCCC)O2)O1. The van der Waals surface area contributed by atoms with E-state index in [-0.39, 0.29) is 36.5 Å². The Morgan fingerprint density at radius 2 is 1.02 bits per heavy atom. The molecule has 0 radical (unpaired) electrons. The number of carbonyl (C=O) groups excluding carboxylic acids is 1. The van der Waals surface area contributed by atoms with Gasteiger partial charge in [0, 0.05) is 6.42 Å². The Labute approximate surface area is 276 Å². The van der Waals surface area contributed by atoms with Crippen molar-refractivity contribution in [3.8, 4) is 0 Å². The smallest absolute Gasteiger partial charge is 0.305 e. The molecule has 0 aliphatic carbocycles. The molecule has 266 valence electrons. The highest BCUT2D eigenvalue weighted by molar-refractivity contribution is 5.69. The predicted molar refractivity (Wildman–Crippen MR) is 182 cm³/mol. The van der Waals surface area contributed by atoms with Gasteiger partial charge in [-0.25, -0.2) is 0 Å². The highest BCUT2D eigenvalue weighted by atomic mass is 16.6. The van der Waals surface area contributed by atoms with Crippen LogP contribution in [0.5, 0.6) is 0 Å². The van der Waals surface area contributed by atoms with E-state index >= 15 is 0 Å². The molecule has 2 fully saturated rings. The number of unbranched alkanes of at least 4 members (excludes halogenated alkanes) is 14. The zero-order valence-electron chi connectivity index (χ0n) is 29.3. The average Bonchev–Trinajstić information content (AvgIpc) is 3.72. The van der Waals surface area contributed by atoms with Crippen molar-refractivity contribution in [3.63, 3.8) is 0 Å². The Morgan fingerprint density at radius 1 is 0.578 bits per heavy atom. The fraction of sp³-hybridized carbons (Fsp3) is 0.974. The first-order valence-corrected chi connectivity index (χ1v) is 19.4. The summed E-state index contributed by atoms with van der Waals surface area (Å²) in [4.78, 5) is 11.6. The van der Waals surface area contributed by atoms with Gasteiger partial charge in [0.15, 0.2) is 0 Å².